The molecular weight excluding hydrogens is 422 g/mol. The lowest BCUT2D eigenvalue weighted by atomic mass is 10.0. The van der Waals surface area contributed by atoms with Crippen molar-refractivity contribution in [3.05, 3.63) is 95.6 Å². The number of aliphatic hydroxyl groups is 1. The van der Waals surface area contributed by atoms with Crippen molar-refractivity contribution in [3.63, 3.8) is 0 Å². The van der Waals surface area contributed by atoms with Gasteiger partial charge in [0.15, 0.2) is 11.5 Å². The highest BCUT2D eigenvalue weighted by Gasteiger charge is 2.29. The summed E-state index contributed by atoms with van der Waals surface area (Å²) in [5, 5.41) is 13.7. The number of esters is 2. The minimum atomic E-state index is -1.24. The zero-order valence-electron chi connectivity index (χ0n) is 18.6. The van der Waals surface area contributed by atoms with Gasteiger partial charge in [-0.2, -0.15) is 0 Å². The molecule has 2 atom stereocenters. The minimum Gasteiger partial charge on any atom is -0.485 e. The van der Waals surface area contributed by atoms with Crippen molar-refractivity contribution in [3.8, 4) is 11.5 Å². The number of carbonyl (C=O) groups excluding carboxylic acids is 2. The van der Waals surface area contributed by atoms with Crippen molar-refractivity contribution in [2.45, 2.75) is 32.3 Å². The lowest BCUT2D eigenvalue weighted by Crippen LogP contribution is -2.40. The SMILES string of the molecule is CN[C@H](C(=O)OCc1ccccc1)[C@@H](O)c1ccc(OCc2ccccc2)c(OC(C)=O)c1. The Morgan fingerprint density at radius 2 is 1.48 bits per heavy atom. The third-order valence-corrected chi connectivity index (χ3v) is 4.90. The monoisotopic (exact) mass is 449 g/mol. The first-order valence-corrected chi connectivity index (χ1v) is 10.5. The van der Waals surface area contributed by atoms with E-state index in [9.17, 15) is 14.7 Å². The first-order chi connectivity index (χ1) is 16.0. The smallest absolute Gasteiger partial charge is 0.326 e. The van der Waals surface area contributed by atoms with E-state index >= 15 is 0 Å². The summed E-state index contributed by atoms with van der Waals surface area (Å²) < 4.78 is 16.5. The van der Waals surface area contributed by atoms with Gasteiger partial charge in [-0.3, -0.25) is 9.59 Å². The predicted molar refractivity (Wildman–Crippen MR) is 123 cm³/mol. The Hall–Kier alpha value is -3.68. The molecule has 0 aromatic heterocycles. The van der Waals surface area contributed by atoms with E-state index in [2.05, 4.69) is 5.32 Å². The van der Waals surface area contributed by atoms with Crippen LogP contribution in [0.3, 0.4) is 0 Å². The number of benzene rings is 3. The fraction of sp³-hybridized carbons (Fsp3) is 0.231. The summed E-state index contributed by atoms with van der Waals surface area (Å²) in [6.07, 6.45) is -1.24. The lowest BCUT2D eigenvalue weighted by Gasteiger charge is -2.22. The first-order valence-electron chi connectivity index (χ1n) is 10.5. The van der Waals surface area contributed by atoms with Gasteiger partial charge in [0.1, 0.15) is 25.4 Å². The fourth-order valence-corrected chi connectivity index (χ4v) is 3.21. The highest BCUT2D eigenvalue weighted by Crippen LogP contribution is 2.32. The number of likely N-dealkylation sites (N-methyl/N-ethyl adjacent to an activating group) is 1. The maximum atomic E-state index is 12.6. The molecule has 0 heterocycles. The van der Waals surface area contributed by atoms with Gasteiger partial charge in [-0.25, -0.2) is 0 Å². The molecule has 172 valence electrons. The molecule has 7 heteroatoms. The second-order valence-corrected chi connectivity index (χ2v) is 7.38. The lowest BCUT2D eigenvalue weighted by molar-refractivity contribution is -0.150. The number of hydrogen-bond donors (Lipinski definition) is 2. The average Bonchev–Trinajstić information content (AvgIpc) is 2.83. The summed E-state index contributed by atoms with van der Waals surface area (Å²) in [4.78, 5) is 24.2. The van der Waals surface area contributed by atoms with Gasteiger partial charge in [0.25, 0.3) is 0 Å². The van der Waals surface area contributed by atoms with E-state index in [1.165, 1.54) is 13.0 Å². The number of nitrogens with one attached hydrogen (secondary N) is 1. The molecule has 0 saturated heterocycles. The Morgan fingerprint density at radius 1 is 0.879 bits per heavy atom. The molecule has 0 spiro atoms. The molecule has 0 aliphatic heterocycles. The van der Waals surface area contributed by atoms with Gasteiger partial charge in [-0.15, -0.1) is 0 Å². The summed E-state index contributed by atoms with van der Waals surface area (Å²) in [5.41, 5.74) is 2.16. The number of aliphatic hydroxyl groups excluding tert-OH is 1. The van der Waals surface area contributed by atoms with Crippen LogP contribution in [-0.2, 0) is 27.5 Å². The van der Waals surface area contributed by atoms with Crippen LogP contribution in [0.1, 0.15) is 29.7 Å². The van der Waals surface area contributed by atoms with Gasteiger partial charge in [-0.05, 0) is 35.9 Å². The molecular formula is C26H27NO6. The van der Waals surface area contributed by atoms with E-state index in [4.69, 9.17) is 14.2 Å². The van der Waals surface area contributed by atoms with E-state index in [1.807, 2.05) is 60.7 Å². The third-order valence-electron chi connectivity index (χ3n) is 4.90. The zero-order chi connectivity index (χ0) is 23.6. The Kier molecular flexibility index (Phi) is 8.57. The minimum absolute atomic E-state index is 0.0928. The quantitative estimate of drug-likeness (QED) is 0.361. The van der Waals surface area contributed by atoms with Crippen LogP contribution in [0.5, 0.6) is 11.5 Å². The molecule has 0 bridgehead atoms. The Balaban J connectivity index is 1.73. The number of rotatable bonds is 10. The molecule has 2 N–H and O–H groups in total. The molecule has 0 radical (unpaired) electrons. The largest absolute Gasteiger partial charge is 0.485 e. The van der Waals surface area contributed by atoms with E-state index in [-0.39, 0.29) is 19.0 Å². The average molecular weight is 450 g/mol. The second kappa shape index (κ2) is 11.8. The molecule has 7 nitrogen and oxygen atoms in total. The summed E-state index contributed by atoms with van der Waals surface area (Å²) in [5.74, 6) is -0.633. The standard InChI is InChI=1S/C26H27NO6/c1-18(28)33-23-15-21(13-14-22(23)31-16-19-9-5-3-6-10-19)25(29)24(27-2)26(30)32-17-20-11-7-4-8-12-20/h3-15,24-25,27,29H,16-17H2,1-2H3/t24-,25-/m0/s1. The Bertz CT molecular complexity index is 1050. The van der Waals surface area contributed by atoms with E-state index in [0.29, 0.717) is 11.3 Å². The van der Waals surface area contributed by atoms with Gasteiger partial charge in [-0.1, -0.05) is 66.7 Å². The van der Waals surface area contributed by atoms with Crippen molar-refractivity contribution in [2.75, 3.05) is 7.05 Å². The van der Waals surface area contributed by atoms with Crippen molar-refractivity contribution >= 4 is 11.9 Å². The van der Waals surface area contributed by atoms with Gasteiger partial charge >= 0.3 is 11.9 Å². The highest BCUT2D eigenvalue weighted by atomic mass is 16.6. The van der Waals surface area contributed by atoms with Gasteiger partial charge in [0.2, 0.25) is 0 Å². The topological polar surface area (TPSA) is 94.1 Å². The number of carbonyl (C=O) groups is 2. The fourth-order valence-electron chi connectivity index (χ4n) is 3.21. The summed E-state index contributed by atoms with van der Waals surface area (Å²) in [6, 6.07) is 22.5. The Labute approximate surface area is 192 Å². The summed E-state index contributed by atoms with van der Waals surface area (Å²) in [6.45, 7) is 1.65. The van der Waals surface area contributed by atoms with Crippen LogP contribution in [0.15, 0.2) is 78.9 Å². The molecule has 3 aromatic carbocycles. The molecule has 33 heavy (non-hydrogen) atoms. The molecule has 0 aliphatic carbocycles. The van der Waals surface area contributed by atoms with Crippen LogP contribution < -0.4 is 14.8 Å². The molecule has 0 aliphatic rings. The van der Waals surface area contributed by atoms with Crippen LogP contribution in [0.2, 0.25) is 0 Å². The van der Waals surface area contributed by atoms with Gasteiger partial charge < -0.3 is 24.6 Å². The predicted octanol–water partition coefficient (Wildman–Crippen LogP) is 3.56. The van der Waals surface area contributed by atoms with E-state index in [0.717, 1.165) is 11.1 Å². The van der Waals surface area contributed by atoms with Crippen molar-refractivity contribution in [1.82, 2.24) is 5.32 Å². The highest BCUT2D eigenvalue weighted by molar-refractivity contribution is 5.77. The molecule has 0 fully saturated rings. The first kappa shape index (κ1) is 24.0. The van der Waals surface area contributed by atoms with Crippen molar-refractivity contribution in [2.24, 2.45) is 0 Å². The maximum absolute atomic E-state index is 12.6. The normalized spacial score (nSPS) is 12.5. The maximum Gasteiger partial charge on any atom is 0.326 e. The molecule has 3 rings (SSSR count). The van der Waals surface area contributed by atoms with Crippen molar-refractivity contribution in [1.29, 1.82) is 0 Å². The second-order valence-electron chi connectivity index (χ2n) is 7.38. The summed E-state index contributed by atoms with van der Waals surface area (Å²) >= 11 is 0. The van der Waals surface area contributed by atoms with Crippen LogP contribution in [-0.4, -0.2) is 30.1 Å². The molecule has 0 amide bonds. The zero-order valence-corrected chi connectivity index (χ0v) is 18.6. The Morgan fingerprint density at radius 3 is 2.06 bits per heavy atom. The van der Waals surface area contributed by atoms with Gasteiger partial charge in [0.05, 0.1) is 0 Å². The van der Waals surface area contributed by atoms with Crippen LogP contribution in [0.25, 0.3) is 0 Å². The van der Waals surface area contributed by atoms with Crippen LogP contribution >= 0.6 is 0 Å². The third kappa shape index (κ3) is 6.90. The van der Waals surface area contributed by atoms with Crippen molar-refractivity contribution < 1.29 is 28.9 Å². The van der Waals surface area contributed by atoms with E-state index in [1.54, 1.807) is 19.2 Å². The molecule has 0 saturated carbocycles. The van der Waals surface area contributed by atoms with Crippen LogP contribution in [0.4, 0.5) is 0 Å². The molecule has 3 aromatic rings. The van der Waals surface area contributed by atoms with E-state index < -0.39 is 24.1 Å². The van der Waals surface area contributed by atoms with Crippen LogP contribution in [0, 0.1) is 0 Å². The molecule has 0 unspecified atom stereocenters. The number of hydrogen-bond acceptors (Lipinski definition) is 7. The number of ether oxygens (including phenoxy) is 3. The van der Waals surface area contributed by atoms with Gasteiger partial charge in [0, 0.05) is 6.92 Å². The summed E-state index contributed by atoms with van der Waals surface area (Å²) in [7, 11) is 1.56.